The van der Waals surface area contributed by atoms with Crippen molar-refractivity contribution in [1.29, 1.82) is 0 Å². The van der Waals surface area contributed by atoms with Gasteiger partial charge in [0.05, 0.1) is 11.3 Å². The number of nitrogens with one attached hydrogen (secondary N) is 5. The fourth-order valence-electron chi connectivity index (χ4n) is 4.23. The van der Waals surface area contributed by atoms with Crippen LogP contribution in [0.15, 0.2) is 96.7 Å². The van der Waals surface area contributed by atoms with E-state index in [9.17, 15) is 37.1 Å². The number of amides is 4. The van der Waals surface area contributed by atoms with Crippen molar-refractivity contribution in [2.45, 2.75) is 32.0 Å². The fraction of sp³-hybridized carbons (Fsp3) is 0.176. The van der Waals surface area contributed by atoms with Crippen molar-refractivity contribution >= 4 is 52.9 Å². The summed E-state index contributed by atoms with van der Waals surface area (Å²) < 4.78 is 39.1. The normalized spacial score (nSPS) is 11.6. The van der Waals surface area contributed by atoms with Crippen LogP contribution in [0, 0.1) is 6.92 Å². The van der Waals surface area contributed by atoms with Crippen molar-refractivity contribution in [3.63, 3.8) is 0 Å². The number of anilines is 3. The Labute approximate surface area is 279 Å². The van der Waals surface area contributed by atoms with E-state index in [1.54, 1.807) is 37.3 Å². The SMILES string of the molecule is C=CC(=O)N[C@@H](CCC(=O)O)C(=O)Nc1cccc(NC/N=C\C(=C)NC(=O)c2cc(NC(=O)c3cccc(C(F)(F)F)c3)ccc2C)c1. The fourth-order valence-corrected chi connectivity index (χ4v) is 4.23. The van der Waals surface area contributed by atoms with Crippen molar-refractivity contribution in [3.05, 3.63) is 114 Å². The van der Waals surface area contributed by atoms with Crippen molar-refractivity contribution in [1.82, 2.24) is 10.6 Å². The molecule has 3 aromatic carbocycles. The highest BCUT2D eigenvalue weighted by atomic mass is 19.4. The monoisotopic (exact) mass is 678 g/mol. The Hall–Kier alpha value is -6.25. The Morgan fingerprint density at radius 2 is 1.61 bits per heavy atom. The lowest BCUT2D eigenvalue weighted by Gasteiger charge is -2.17. The number of aliphatic carboxylic acids is 1. The predicted octanol–water partition coefficient (Wildman–Crippen LogP) is 5.12. The zero-order valence-corrected chi connectivity index (χ0v) is 26.2. The quantitative estimate of drug-likeness (QED) is 0.0954. The highest BCUT2D eigenvalue weighted by Gasteiger charge is 2.31. The summed E-state index contributed by atoms with van der Waals surface area (Å²) in [5, 5.41) is 22.1. The minimum atomic E-state index is -4.61. The Kier molecular flexibility index (Phi) is 13.0. The average Bonchev–Trinajstić information content (AvgIpc) is 3.05. The van der Waals surface area contributed by atoms with Crippen LogP contribution in [0.4, 0.5) is 30.2 Å². The van der Waals surface area contributed by atoms with Crippen molar-refractivity contribution in [2.24, 2.45) is 4.99 Å². The van der Waals surface area contributed by atoms with Crippen molar-refractivity contribution < 1.29 is 42.3 Å². The summed E-state index contributed by atoms with van der Waals surface area (Å²) in [7, 11) is 0. The molecule has 49 heavy (non-hydrogen) atoms. The smallest absolute Gasteiger partial charge is 0.416 e. The van der Waals surface area contributed by atoms with Gasteiger partial charge in [0, 0.05) is 40.8 Å². The Morgan fingerprint density at radius 1 is 0.918 bits per heavy atom. The van der Waals surface area contributed by atoms with Crippen LogP contribution in [0.5, 0.6) is 0 Å². The molecule has 0 aliphatic heterocycles. The molecule has 0 aliphatic rings. The number of halogens is 3. The third-order valence-electron chi connectivity index (χ3n) is 6.68. The molecule has 256 valence electrons. The summed E-state index contributed by atoms with van der Waals surface area (Å²) in [5.41, 5.74) is 0.832. The number of aryl methyl sites for hydroxylation is 1. The summed E-state index contributed by atoms with van der Waals surface area (Å²) in [6.07, 6.45) is -2.79. The molecule has 3 rings (SSSR count). The third kappa shape index (κ3) is 11.8. The predicted molar refractivity (Wildman–Crippen MR) is 178 cm³/mol. The minimum absolute atomic E-state index is 0.0407. The second-order valence-electron chi connectivity index (χ2n) is 10.5. The van der Waals surface area contributed by atoms with Crippen LogP contribution >= 0.6 is 0 Å². The van der Waals surface area contributed by atoms with Gasteiger partial charge in [-0.3, -0.25) is 29.0 Å². The van der Waals surface area contributed by atoms with Crippen LogP contribution in [0.1, 0.15) is 44.7 Å². The summed E-state index contributed by atoms with van der Waals surface area (Å²) in [4.78, 5) is 65.1. The van der Waals surface area contributed by atoms with E-state index >= 15 is 0 Å². The summed E-state index contributed by atoms with van der Waals surface area (Å²) in [6, 6.07) is 13.9. The molecule has 0 saturated carbocycles. The van der Waals surface area contributed by atoms with Crippen LogP contribution in [0.2, 0.25) is 0 Å². The molecule has 6 N–H and O–H groups in total. The van der Waals surface area contributed by atoms with Gasteiger partial charge in [0.2, 0.25) is 11.8 Å². The molecular formula is C34H33F3N6O6. The largest absolute Gasteiger partial charge is 0.481 e. The molecule has 0 bridgehead atoms. The first-order valence-electron chi connectivity index (χ1n) is 14.5. The van der Waals surface area contributed by atoms with Crippen molar-refractivity contribution in [3.8, 4) is 0 Å². The lowest BCUT2D eigenvalue weighted by atomic mass is 10.1. The highest BCUT2D eigenvalue weighted by molar-refractivity contribution is 6.06. The number of carboxylic acid groups (broad SMARTS) is 1. The number of carbonyl (C=O) groups excluding carboxylic acids is 4. The lowest BCUT2D eigenvalue weighted by molar-refractivity contribution is -0.138. The summed E-state index contributed by atoms with van der Waals surface area (Å²) in [6.45, 7) is 8.79. The van der Waals surface area contributed by atoms with Crippen LogP contribution < -0.4 is 26.6 Å². The van der Waals surface area contributed by atoms with Crippen molar-refractivity contribution in [2.75, 3.05) is 22.6 Å². The summed E-state index contributed by atoms with van der Waals surface area (Å²) >= 11 is 0. The first-order valence-corrected chi connectivity index (χ1v) is 14.5. The average molecular weight is 679 g/mol. The molecule has 15 heteroatoms. The van der Waals surface area contributed by atoms with Gasteiger partial charge in [0.1, 0.15) is 12.7 Å². The molecule has 0 aliphatic carbocycles. The second-order valence-corrected chi connectivity index (χ2v) is 10.5. The molecule has 3 aromatic rings. The zero-order valence-electron chi connectivity index (χ0n) is 26.2. The maximum absolute atomic E-state index is 13.0. The lowest BCUT2D eigenvalue weighted by Crippen LogP contribution is -2.43. The summed E-state index contributed by atoms with van der Waals surface area (Å²) in [5.74, 6) is -3.70. The van der Waals surface area contributed by atoms with Gasteiger partial charge in [0.25, 0.3) is 11.8 Å². The Balaban J connectivity index is 1.55. The van der Waals surface area contributed by atoms with Gasteiger partial charge >= 0.3 is 12.1 Å². The molecule has 0 spiro atoms. The molecule has 0 aromatic heterocycles. The van der Waals surface area contributed by atoms with Gasteiger partial charge in [-0.2, -0.15) is 13.2 Å². The molecule has 0 fully saturated rings. The van der Waals surface area contributed by atoms with Crippen LogP contribution in [-0.2, 0) is 20.6 Å². The molecule has 0 radical (unpaired) electrons. The maximum Gasteiger partial charge on any atom is 0.416 e. The van der Waals surface area contributed by atoms with Gasteiger partial charge in [0.15, 0.2) is 0 Å². The number of benzene rings is 3. The van der Waals surface area contributed by atoms with Crippen LogP contribution in [-0.4, -0.2) is 53.6 Å². The Bertz CT molecular complexity index is 1790. The zero-order chi connectivity index (χ0) is 36.1. The van der Waals surface area contributed by atoms with Crippen LogP contribution in [0.3, 0.4) is 0 Å². The number of aliphatic imine (C=N–C) groups is 1. The molecular weight excluding hydrogens is 645 g/mol. The van der Waals surface area contributed by atoms with E-state index < -0.39 is 47.4 Å². The van der Waals surface area contributed by atoms with Gasteiger partial charge in [-0.25, -0.2) is 0 Å². The van der Waals surface area contributed by atoms with E-state index in [2.05, 4.69) is 44.7 Å². The van der Waals surface area contributed by atoms with E-state index in [1.807, 2.05) is 0 Å². The first-order chi connectivity index (χ1) is 23.2. The van der Waals surface area contributed by atoms with Gasteiger partial charge in [-0.1, -0.05) is 31.4 Å². The van der Waals surface area contributed by atoms with E-state index in [1.165, 1.54) is 24.4 Å². The molecule has 0 unspecified atom stereocenters. The number of hydrogen-bond donors (Lipinski definition) is 6. The van der Waals surface area contributed by atoms with Crippen LogP contribution in [0.25, 0.3) is 0 Å². The van der Waals surface area contributed by atoms with Gasteiger partial charge in [-0.15, -0.1) is 0 Å². The Morgan fingerprint density at radius 3 is 2.31 bits per heavy atom. The molecule has 0 saturated heterocycles. The maximum atomic E-state index is 13.0. The number of hydrogen-bond acceptors (Lipinski definition) is 7. The van der Waals surface area contributed by atoms with Gasteiger partial charge in [-0.05, 0) is 73.5 Å². The highest BCUT2D eigenvalue weighted by Crippen LogP contribution is 2.29. The number of carboxylic acids is 1. The number of allylic oxidation sites excluding steroid dienone is 1. The standard InChI is InChI=1S/C34H33F3N6O6/c1-4-29(44)43-28(13-14-30(45)46)33(49)42-25-10-6-9-24(16-25)39-19-38-18-21(3)40-32(48)27-17-26(12-11-20(27)2)41-31(47)22-7-5-8-23(15-22)34(35,36)37/h4-12,15-18,28,39H,1,3,13-14,19H2,2H3,(H,40,48)(H,41,47)(H,42,49)(H,43,44)(H,45,46)/b38-18-/t28-/m0/s1. The topological polar surface area (TPSA) is 178 Å². The van der Waals surface area contributed by atoms with E-state index in [-0.39, 0.29) is 42.0 Å². The molecule has 1 atom stereocenters. The van der Waals surface area contributed by atoms with E-state index in [0.29, 0.717) is 16.9 Å². The van der Waals surface area contributed by atoms with E-state index in [0.717, 1.165) is 24.3 Å². The van der Waals surface area contributed by atoms with E-state index in [4.69, 9.17) is 5.11 Å². The van der Waals surface area contributed by atoms with Gasteiger partial charge < -0.3 is 31.7 Å². The molecule has 4 amide bonds. The third-order valence-corrected chi connectivity index (χ3v) is 6.68. The number of alkyl halides is 3. The number of carbonyl (C=O) groups is 5. The molecule has 12 nitrogen and oxygen atoms in total. The number of nitrogens with zero attached hydrogens (tertiary/aromatic N) is 1. The second kappa shape index (κ2) is 17.1. The molecule has 0 heterocycles. The minimum Gasteiger partial charge on any atom is -0.481 e. The number of rotatable bonds is 15. The first kappa shape index (κ1) is 37.2.